The van der Waals surface area contributed by atoms with E-state index in [4.69, 9.17) is 15.2 Å². The topological polar surface area (TPSA) is 328 Å². The predicted molar refractivity (Wildman–Crippen MR) is 261 cm³/mol. The minimum atomic E-state index is -1.09. The number of anilines is 3. The Bertz CT molecular complexity index is 2420. The maximum atomic E-state index is 13.6. The van der Waals surface area contributed by atoms with E-state index in [0.29, 0.717) is 42.1 Å². The van der Waals surface area contributed by atoms with Gasteiger partial charge in [0.25, 0.3) is 0 Å². The van der Waals surface area contributed by atoms with Gasteiger partial charge in [-0.05, 0) is 69.0 Å². The van der Waals surface area contributed by atoms with Crippen molar-refractivity contribution in [1.29, 1.82) is 0 Å². The van der Waals surface area contributed by atoms with Crippen molar-refractivity contribution in [2.75, 3.05) is 62.8 Å². The second-order valence-electron chi connectivity index (χ2n) is 16.9. The molecule has 0 fully saturated rings. The quantitative estimate of drug-likeness (QED) is 0.0268. The molecule has 380 valence electrons. The number of hydrogen-bond acceptors (Lipinski definition) is 15. The van der Waals surface area contributed by atoms with Crippen LogP contribution in [0.4, 0.5) is 27.0 Å². The van der Waals surface area contributed by atoms with Crippen LogP contribution >= 0.6 is 0 Å². The van der Waals surface area contributed by atoms with Crippen LogP contribution in [0.25, 0.3) is 11.2 Å². The minimum absolute atomic E-state index is 0.0185. The molecular formula is C46H66N14O10. The number of likely N-dealkylation sites (N-methyl/N-ethyl adjacent to an activating group) is 1. The fourth-order valence-electron chi connectivity index (χ4n) is 6.62. The predicted octanol–water partition coefficient (Wildman–Crippen LogP) is 2.35. The number of hydrogen-bond donors (Lipinski definition) is 9. The monoisotopic (exact) mass is 975 g/mol. The van der Waals surface area contributed by atoms with Crippen LogP contribution < -0.4 is 53.4 Å². The zero-order chi connectivity index (χ0) is 51.0. The normalized spacial score (nSPS) is 11.9. The Morgan fingerprint density at radius 2 is 1.61 bits per heavy atom. The molecule has 3 heterocycles. The highest BCUT2D eigenvalue weighted by Gasteiger charge is 2.29. The highest BCUT2D eigenvalue weighted by Crippen LogP contribution is 2.22. The van der Waals surface area contributed by atoms with Crippen LogP contribution in [0.1, 0.15) is 83.3 Å². The average molecular weight is 975 g/mol. The molecule has 0 unspecified atom stereocenters. The van der Waals surface area contributed by atoms with E-state index in [1.54, 1.807) is 56.4 Å². The molecule has 4 aromatic rings. The number of aldehydes is 1. The van der Waals surface area contributed by atoms with Crippen LogP contribution in [0.3, 0.4) is 0 Å². The number of rotatable bonds is 30. The SMILES string of the molecule is CCCCNc1nc(NC(=O)OCc2ccc(NC(=O)[C@H](CCCNC(N)=O)NC(=O)[C@@H](NC(=O)CCCC(=O)NCCC=O)C(C)C)cc2)c2[nH]c(=O)n(Cc3ccc(OCCN(C)C)nc3)c2n1. The van der Waals surface area contributed by atoms with Crippen LogP contribution in [-0.2, 0) is 41.9 Å². The lowest BCUT2D eigenvalue weighted by Gasteiger charge is -2.25. The summed E-state index contributed by atoms with van der Waals surface area (Å²) >= 11 is 0. The number of nitrogens with two attached hydrogens (primary N) is 1. The van der Waals surface area contributed by atoms with Gasteiger partial charge in [0.2, 0.25) is 35.5 Å². The first-order valence-electron chi connectivity index (χ1n) is 23.2. The number of nitrogens with one attached hydrogen (secondary N) is 8. The lowest BCUT2D eigenvalue weighted by Crippen LogP contribution is -2.54. The van der Waals surface area contributed by atoms with Crippen molar-refractivity contribution in [1.82, 2.24) is 50.7 Å². The summed E-state index contributed by atoms with van der Waals surface area (Å²) < 4.78 is 12.6. The Balaban J connectivity index is 1.39. The van der Waals surface area contributed by atoms with Crippen LogP contribution in [0.15, 0.2) is 47.4 Å². The van der Waals surface area contributed by atoms with E-state index >= 15 is 0 Å². The van der Waals surface area contributed by atoms with Crippen molar-refractivity contribution < 1.29 is 43.0 Å². The van der Waals surface area contributed by atoms with E-state index < -0.39 is 47.6 Å². The summed E-state index contributed by atoms with van der Waals surface area (Å²) in [6.45, 7) is 7.52. The number of aromatic nitrogens is 5. The summed E-state index contributed by atoms with van der Waals surface area (Å²) in [6.07, 6.45) is 3.98. The fraction of sp³-hybridized carbons (Fsp3) is 0.500. The van der Waals surface area contributed by atoms with Crippen molar-refractivity contribution in [3.8, 4) is 5.88 Å². The number of amides is 7. The number of carbonyl (C=O) groups is 7. The molecule has 7 amide bonds. The molecule has 24 heteroatoms. The molecule has 0 aliphatic rings. The lowest BCUT2D eigenvalue weighted by molar-refractivity contribution is -0.132. The van der Waals surface area contributed by atoms with Crippen LogP contribution in [0.2, 0.25) is 0 Å². The molecule has 0 radical (unpaired) electrons. The summed E-state index contributed by atoms with van der Waals surface area (Å²) in [7, 11) is 3.89. The van der Waals surface area contributed by atoms with E-state index in [2.05, 4.69) is 57.2 Å². The molecule has 4 rings (SSSR count). The van der Waals surface area contributed by atoms with Crippen molar-refractivity contribution in [2.45, 2.75) is 97.4 Å². The van der Waals surface area contributed by atoms with Crippen molar-refractivity contribution in [2.24, 2.45) is 11.7 Å². The molecule has 70 heavy (non-hydrogen) atoms. The van der Waals surface area contributed by atoms with Gasteiger partial charge < -0.3 is 61.8 Å². The van der Waals surface area contributed by atoms with Gasteiger partial charge in [-0.3, -0.25) is 29.1 Å². The summed E-state index contributed by atoms with van der Waals surface area (Å²) in [5.74, 6) is -1.65. The highest BCUT2D eigenvalue weighted by atomic mass is 16.5. The Kier molecular flexibility index (Phi) is 22.5. The molecule has 0 bridgehead atoms. The molecule has 0 saturated heterocycles. The molecule has 1 aromatic carbocycles. The Labute approximate surface area is 405 Å². The number of ether oxygens (including phenoxy) is 2. The van der Waals surface area contributed by atoms with Crippen LogP contribution in [-0.4, -0.2) is 130 Å². The Morgan fingerprint density at radius 3 is 2.29 bits per heavy atom. The second-order valence-corrected chi connectivity index (χ2v) is 16.9. The molecule has 10 N–H and O–H groups in total. The van der Waals surface area contributed by atoms with Crippen molar-refractivity contribution >= 4 is 70.7 Å². The number of pyridine rings is 1. The first kappa shape index (κ1) is 55.0. The van der Waals surface area contributed by atoms with Crippen molar-refractivity contribution in [3.63, 3.8) is 0 Å². The van der Waals surface area contributed by atoms with E-state index in [1.807, 2.05) is 25.9 Å². The largest absolute Gasteiger partial charge is 0.476 e. The van der Waals surface area contributed by atoms with Crippen LogP contribution in [0, 0.1) is 5.92 Å². The van der Waals surface area contributed by atoms with Gasteiger partial charge in [0.15, 0.2) is 11.5 Å². The average Bonchev–Trinajstić information content (AvgIpc) is 3.63. The molecule has 2 atom stereocenters. The molecule has 24 nitrogen and oxygen atoms in total. The van der Waals surface area contributed by atoms with Gasteiger partial charge in [-0.2, -0.15) is 9.97 Å². The summed E-state index contributed by atoms with van der Waals surface area (Å²) in [5.41, 5.74) is 6.76. The highest BCUT2D eigenvalue weighted by molar-refractivity contribution is 5.98. The third kappa shape index (κ3) is 18.8. The van der Waals surface area contributed by atoms with Crippen molar-refractivity contribution in [3.05, 3.63) is 64.2 Å². The standard InChI is InChI=1S/C46H66N14O10/c1-6-7-20-50-44-56-39(38-40(58-44)60(45(67)55-38)27-31-16-19-36(51-26-31)69-25-23-59(4)5)57-46(68)70-28-30-14-17-32(18-15-30)52-41(64)33(11-9-21-49-43(47)66)53-42(65)37(29(2)3)54-35(63)13-8-12-34(62)48-22-10-24-61/h14-19,24,26,29,33,37H,6-13,20-23,25,27-28H2,1-5H3,(H,48,62)(H,52,64)(H,53,65)(H,54,63)(H,55,67)(H3,47,49,66)(H2,50,56,57,58,68)/t33-,37-/m0/s1. The summed E-state index contributed by atoms with van der Waals surface area (Å²) in [5, 5.41) is 19.0. The first-order chi connectivity index (χ1) is 33.6. The number of nitrogens with zero attached hydrogens (tertiary/aromatic N) is 5. The smallest absolute Gasteiger partial charge is 0.413 e. The van der Waals surface area contributed by atoms with Gasteiger partial charge in [-0.25, -0.2) is 19.4 Å². The third-order valence-corrected chi connectivity index (χ3v) is 10.4. The molecule has 3 aromatic heterocycles. The number of fused-ring (bicyclic) bond motifs is 1. The van der Waals surface area contributed by atoms with Gasteiger partial charge in [0.05, 0.1) is 6.54 Å². The molecule has 0 spiro atoms. The van der Waals surface area contributed by atoms with E-state index in [0.717, 1.165) is 19.4 Å². The number of H-pyrrole nitrogens is 1. The molecule has 0 aliphatic heterocycles. The van der Waals surface area contributed by atoms with Gasteiger partial charge in [-0.15, -0.1) is 0 Å². The summed E-state index contributed by atoms with van der Waals surface area (Å²) in [6, 6.07) is 7.10. The van der Waals surface area contributed by atoms with E-state index in [1.165, 1.54) is 4.57 Å². The zero-order valence-electron chi connectivity index (χ0n) is 40.4. The van der Waals surface area contributed by atoms with Gasteiger partial charge in [-0.1, -0.05) is 45.4 Å². The van der Waals surface area contributed by atoms with Gasteiger partial charge >= 0.3 is 17.8 Å². The maximum Gasteiger partial charge on any atom is 0.413 e. The van der Waals surface area contributed by atoms with Gasteiger partial charge in [0.1, 0.15) is 37.1 Å². The third-order valence-electron chi connectivity index (χ3n) is 10.4. The van der Waals surface area contributed by atoms with Crippen LogP contribution in [0.5, 0.6) is 5.88 Å². The number of benzene rings is 1. The summed E-state index contributed by atoms with van der Waals surface area (Å²) in [4.78, 5) is 118. The molecule has 0 aliphatic carbocycles. The first-order valence-corrected chi connectivity index (χ1v) is 23.2. The fourth-order valence-corrected chi connectivity index (χ4v) is 6.62. The number of unbranched alkanes of at least 4 members (excludes halogenated alkanes) is 1. The lowest BCUT2D eigenvalue weighted by atomic mass is 10.0. The molecule has 0 saturated carbocycles. The second kappa shape index (κ2) is 28.6. The Morgan fingerprint density at radius 1 is 0.871 bits per heavy atom. The Hall–Kier alpha value is -7.63. The number of carbonyl (C=O) groups excluding carboxylic acids is 7. The van der Waals surface area contributed by atoms with Gasteiger partial charge in [0, 0.05) is 63.4 Å². The number of aromatic amines is 1. The molecular weight excluding hydrogens is 909 g/mol. The maximum absolute atomic E-state index is 13.6. The number of imidazole rings is 1. The zero-order valence-corrected chi connectivity index (χ0v) is 40.4. The number of urea groups is 1. The number of primary amides is 1. The van der Waals surface area contributed by atoms with E-state index in [9.17, 15) is 38.4 Å². The van der Waals surface area contributed by atoms with E-state index in [-0.39, 0.29) is 99.5 Å². The minimum Gasteiger partial charge on any atom is -0.476 e.